The van der Waals surface area contributed by atoms with Gasteiger partial charge in [-0.3, -0.25) is 4.79 Å². The van der Waals surface area contributed by atoms with Crippen LogP contribution in [-0.4, -0.2) is 26.3 Å². The first kappa shape index (κ1) is 15.1. The lowest BCUT2D eigenvalue weighted by Gasteiger charge is -2.06. The molecule has 1 aromatic carbocycles. The topological polar surface area (TPSA) is 47.8 Å². The van der Waals surface area contributed by atoms with Crippen LogP contribution in [-0.2, 0) is 13.0 Å². The Morgan fingerprint density at radius 2 is 2.05 bits per heavy atom. The molecule has 1 aromatic heterocycles. The Labute approximate surface area is 130 Å². The summed E-state index contributed by atoms with van der Waals surface area (Å²) in [5.74, 6) is -1.13. The minimum Gasteiger partial charge on any atom is -0.306 e. The molecule has 0 unspecified atom stereocenters. The van der Waals surface area contributed by atoms with E-state index in [1.165, 1.54) is 24.2 Å². The van der Waals surface area contributed by atoms with E-state index in [2.05, 4.69) is 14.8 Å². The Balaban J connectivity index is 1.68. The van der Waals surface area contributed by atoms with Crippen molar-refractivity contribution in [2.45, 2.75) is 37.4 Å². The second-order valence-electron chi connectivity index (χ2n) is 5.20. The van der Waals surface area contributed by atoms with Crippen molar-refractivity contribution in [1.82, 2.24) is 14.8 Å². The molecule has 0 atom stereocenters. The van der Waals surface area contributed by atoms with Gasteiger partial charge in [0, 0.05) is 18.5 Å². The molecule has 4 nitrogen and oxygen atoms in total. The van der Waals surface area contributed by atoms with Crippen LogP contribution in [0.2, 0.25) is 0 Å². The zero-order valence-corrected chi connectivity index (χ0v) is 12.7. The molecular weight excluding hydrogens is 308 g/mol. The normalized spacial score (nSPS) is 14.5. The fourth-order valence-electron chi connectivity index (χ4n) is 2.45. The number of aromatic nitrogens is 3. The van der Waals surface area contributed by atoms with Gasteiger partial charge in [-0.05, 0) is 31.0 Å². The predicted molar refractivity (Wildman–Crippen MR) is 79.0 cm³/mol. The van der Waals surface area contributed by atoms with Crippen molar-refractivity contribution in [2.75, 3.05) is 5.75 Å². The summed E-state index contributed by atoms with van der Waals surface area (Å²) >= 11 is 1.29. The number of aryl methyl sites for hydroxylation is 1. The van der Waals surface area contributed by atoms with Crippen molar-refractivity contribution in [3.8, 4) is 0 Å². The second kappa shape index (κ2) is 6.56. The number of thioether (sulfide) groups is 1. The van der Waals surface area contributed by atoms with Crippen molar-refractivity contribution in [2.24, 2.45) is 0 Å². The first-order chi connectivity index (χ1) is 10.6. The highest BCUT2D eigenvalue weighted by atomic mass is 32.2. The molecule has 2 aromatic rings. The minimum atomic E-state index is -1.01. The van der Waals surface area contributed by atoms with Crippen LogP contribution in [0, 0.1) is 11.6 Å². The summed E-state index contributed by atoms with van der Waals surface area (Å²) in [5, 5.41) is 9.01. The summed E-state index contributed by atoms with van der Waals surface area (Å²) in [5.41, 5.74) is 0.169. The molecule has 0 fully saturated rings. The zero-order chi connectivity index (χ0) is 15.5. The zero-order valence-electron chi connectivity index (χ0n) is 11.9. The number of Topliss-reactive ketones (excluding diaryl/α,β-unsaturated/α-hetero) is 1. The summed E-state index contributed by atoms with van der Waals surface area (Å²) in [6, 6.07) is 3.20. The summed E-state index contributed by atoms with van der Waals surface area (Å²) in [6.07, 6.45) is 4.26. The highest BCUT2D eigenvalue weighted by Gasteiger charge is 2.17. The number of halogens is 2. The van der Waals surface area contributed by atoms with Gasteiger partial charge in [0.05, 0.1) is 5.75 Å². The van der Waals surface area contributed by atoms with Gasteiger partial charge in [0.1, 0.15) is 5.82 Å². The van der Waals surface area contributed by atoms with E-state index in [0.717, 1.165) is 43.8 Å². The number of carbonyl (C=O) groups excluding carboxylic acids is 1. The van der Waals surface area contributed by atoms with Gasteiger partial charge in [-0.25, -0.2) is 8.78 Å². The largest absolute Gasteiger partial charge is 0.306 e. The Morgan fingerprint density at radius 3 is 2.86 bits per heavy atom. The van der Waals surface area contributed by atoms with Crippen LogP contribution in [0.3, 0.4) is 0 Å². The number of ketones is 1. The van der Waals surface area contributed by atoms with Gasteiger partial charge in [0.15, 0.2) is 22.6 Å². The molecule has 116 valence electrons. The van der Waals surface area contributed by atoms with Crippen molar-refractivity contribution in [3.05, 3.63) is 41.2 Å². The van der Waals surface area contributed by atoms with Crippen LogP contribution >= 0.6 is 11.8 Å². The van der Waals surface area contributed by atoms with Crippen LogP contribution in [0.5, 0.6) is 0 Å². The molecule has 0 amide bonds. The molecule has 7 heteroatoms. The molecule has 0 saturated heterocycles. The summed E-state index contributed by atoms with van der Waals surface area (Å²) < 4.78 is 28.1. The van der Waals surface area contributed by atoms with Gasteiger partial charge >= 0.3 is 0 Å². The number of carbonyl (C=O) groups is 1. The lowest BCUT2D eigenvalue weighted by Crippen LogP contribution is -2.06. The van der Waals surface area contributed by atoms with Crippen LogP contribution < -0.4 is 0 Å². The third kappa shape index (κ3) is 3.19. The highest BCUT2D eigenvalue weighted by molar-refractivity contribution is 7.99. The fourth-order valence-corrected chi connectivity index (χ4v) is 3.33. The maximum Gasteiger partial charge on any atom is 0.191 e. The van der Waals surface area contributed by atoms with Crippen molar-refractivity contribution in [3.63, 3.8) is 0 Å². The minimum absolute atomic E-state index is 0.128. The van der Waals surface area contributed by atoms with E-state index < -0.39 is 11.6 Å². The Bertz CT molecular complexity index is 702. The predicted octanol–water partition coefficient (Wildman–Crippen LogP) is 3.26. The van der Waals surface area contributed by atoms with Crippen LogP contribution in [0.4, 0.5) is 8.78 Å². The lowest BCUT2D eigenvalue weighted by molar-refractivity contribution is 0.102. The van der Waals surface area contributed by atoms with Gasteiger partial charge in [0.2, 0.25) is 0 Å². The highest BCUT2D eigenvalue weighted by Crippen LogP contribution is 2.22. The number of nitrogens with zero attached hydrogens (tertiary/aromatic N) is 3. The molecule has 0 bridgehead atoms. The molecule has 0 aliphatic carbocycles. The van der Waals surface area contributed by atoms with Crippen molar-refractivity contribution < 1.29 is 13.6 Å². The third-order valence-electron chi connectivity index (χ3n) is 3.65. The van der Waals surface area contributed by atoms with Gasteiger partial charge < -0.3 is 4.57 Å². The lowest BCUT2D eigenvalue weighted by atomic mass is 10.1. The molecular formula is C15H15F2N3OS. The molecule has 2 heterocycles. The first-order valence-corrected chi connectivity index (χ1v) is 8.17. The van der Waals surface area contributed by atoms with E-state index in [1.807, 2.05) is 0 Å². The van der Waals surface area contributed by atoms with Gasteiger partial charge in [-0.2, -0.15) is 0 Å². The van der Waals surface area contributed by atoms with Crippen LogP contribution in [0.1, 0.15) is 35.4 Å². The van der Waals surface area contributed by atoms with Gasteiger partial charge in [-0.1, -0.05) is 18.2 Å². The maximum absolute atomic E-state index is 13.2. The van der Waals surface area contributed by atoms with E-state index in [-0.39, 0.29) is 17.1 Å². The molecule has 0 saturated carbocycles. The number of rotatable bonds is 4. The van der Waals surface area contributed by atoms with E-state index in [9.17, 15) is 13.6 Å². The summed E-state index contributed by atoms with van der Waals surface area (Å²) in [4.78, 5) is 12.1. The number of hydrogen-bond donors (Lipinski definition) is 0. The molecule has 0 spiro atoms. The Kier molecular flexibility index (Phi) is 4.52. The second-order valence-corrected chi connectivity index (χ2v) is 6.14. The molecule has 22 heavy (non-hydrogen) atoms. The molecule has 3 rings (SSSR count). The van der Waals surface area contributed by atoms with E-state index >= 15 is 0 Å². The molecule has 1 aliphatic rings. The van der Waals surface area contributed by atoms with E-state index in [4.69, 9.17) is 0 Å². The van der Waals surface area contributed by atoms with Crippen molar-refractivity contribution >= 4 is 17.5 Å². The van der Waals surface area contributed by atoms with Gasteiger partial charge in [-0.15, -0.1) is 10.2 Å². The van der Waals surface area contributed by atoms with Crippen LogP contribution in [0.15, 0.2) is 23.4 Å². The van der Waals surface area contributed by atoms with Gasteiger partial charge in [0.25, 0.3) is 0 Å². The molecule has 1 aliphatic heterocycles. The number of fused-ring (bicyclic) bond motifs is 1. The Hall–Kier alpha value is -1.76. The number of hydrogen-bond acceptors (Lipinski definition) is 4. The monoisotopic (exact) mass is 323 g/mol. The fraction of sp³-hybridized carbons (Fsp3) is 0.400. The molecule has 0 radical (unpaired) electrons. The Morgan fingerprint density at radius 1 is 1.18 bits per heavy atom. The van der Waals surface area contributed by atoms with E-state index in [0.29, 0.717) is 5.16 Å². The first-order valence-electron chi connectivity index (χ1n) is 7.18. The third-order valence-corrected chi connectivity index (χ3v) is 4.62. The molecule has 0 N–H and O–H groups in total. The van der Waals surface area contributed by atoms with Crippen LogP contribution in [0.25, 0.3) is 0 Å². The van der Waals surface area contributed by atoms with Crippen molar-refractivity contribution in [1.29, 1.82) is 0 Å². The van der Waals surface area contributed by atoms with E-state index in [1.54, 1.807) is 0 Å². The average Bonchev–Trinajstić information content (AvgIpc) is 2.74. The summed E-state index contributed by atoms with van der Waals surface area (Å²) in [6.45, 7) is 0.865. The smallest absolute Gasteiger partial charge is 0.191 e. The quantitative estimate of drug-likeness (QED) is 0.640. The summed E-state index contributed by atoms with van der Waals surface area (Å²) in [7, 11) is 0. The number of benzene rings is 1. The SMILES string of the molecule is O=C(CSc1nnc2n1CCCCC2)c1ccc(F)c(F)c1. The average molecular weight is 323 g/mol. The maximum atomic E-state index is 13.2. The standard InChI is InChI=1S/C15H15F2N3OS/c16-11-6-5-10(8-12(11)17)13(21)9-22-15-19-18-14-4-2-1-3-7-20(14)15/h5-6,8H,1-4,7,9H2.